The maximum absolute atomic E-state index is 12.1. The van der Waals surface area contributed by atoms with Gasteiger partial charge in [0.25, 0.3) is 5.56 Å². The molecule has 0 aromatic carbocycles. The minimum absolute atomic E-state index is 0.106. The number of unbranched alkanes of at least 4 members (excludes halogenated alkanes) is 2. The Balaban J connectivity index is 1.92. The van der Waals surface area contributed by atoms with Crippen molar-refractivity contribution >= 4 is 21.6 Å². The molecule has 16 nitrogen and oxygen atoms in total. The Kier molecular flexibility index (Phi) is 10.5. The maximum Gasteiger partial charge on any atom is 0.538 e. The summed E-state index contributed by atoms with van der Waals surface area (Å²) in [5.41, 5.74) is -1.51. The quantitative estimate of drug-likeness (QED) is 0.129. The number of hydrogen-bond donors (Lipinski definition) is 6. The summed E-state index contributed by atoms with van der Waals surface area (Å²) in [6.45, 7) is 1.18. The second kappa shape index (κ2) is 12.5. The third kappa shape index (κ3) is 8.72. The Morgan fingerprint density at radius 1 is 1.17 bits per heavy atom. The SMILES string of the molecule is CNCCCCCC(=O)OP(=O)(O)OP(=O)(O)OC[C@H]1O[C@@H](n2cc(C)c(=O)[nH]c2=O)[C@@H](O)C1O. The highest BCUT2D eigenvalue weighted by Gasteiger charge is 2.46. The van der Waals surface area contributed by atoms with E-state index in [-0.39, 0.29) is 12.0 Å². The number of rotatable bonds is 13. The number of phosphoric acid groups is 2. The summed E-state index contributed by atoms with van der Waals surface area (Å²) >= 11 is 0. The van der Waals surface area contributed by atoms with Crippen LogP contribution in [0.25, 0.3) is 0 Å². The number of aliphatic hydroxyl groups excluding tert-OH is 2. The van der Waals surface area contributed by atoms with Crippen molar-refractivity contribution in [2.45, 2.75) is 57.1 Å². The zero-order chi connectivity index (χ0) is 26.4. The molecule has 1 saturated heterocycles. The predicted octanol–water partition coefficient (Wildman–Crippen LogP) is -0.979. The number of carbonyl (C=O) groups excluding carboxylic acids is 1. The van der Waals surface area contributed by atoms with E-state index in [4.69, 9.17) is 4.74 Å². The van der Waals surface area contributed by atoms with Crippen LogP contribution in [0.1, 0.15) is 37.5 Å². The van der Waals surface area contributed by atoms with Gasteiger partial charge in [-0.1, -0.05) is 6.42 Å². The molecule has 0 spiro atoms. The van der Waals surface area contributed by atoms with E-state index in [0.29, 0.717) is 12.8 Å². The molecule has 1 aliphatic rings. The molecule has 6 atom stereocenters. The zero-order valence-corrected chi connectivity index (χ0v) is 20.7. The summed E-state index contributed by atoms with van der Waals surface area (Å²) in [5.74, 6) is -1.12. The number of H-pyrrole nitrogens is 1. The molecule has 2 heterocycles. The summed E-state index contributed by atoms with van der Waals surface area (Å²) in [5, 5.41) is 23.3. The molecule has 1 aromatic heterocycles. The highest BCUT2D eigenvalue weighted by Crippen LogP contribution is 2.60. The minimum atomic E-state index is -5.33. The van der Waals surface area contributed by atoms with Gasteiger partial charge in [-0.15, -0.1) is 0 Å². The van der Waals surface area contributed by atoms with Gasteiger partial charge in [-0.25, -0.2) is 13.9 Å². The van der Waals surface area contributed by atoms with Crippen LogP contribution in [-0.2, 0) is 32.0 Å². The highest BCUT2D eigenvalue weighted by molar-refractivity contribution is 7.61. The van der Waals surface area contributed by atoms with Gasteiger partial charge in [0.15, 0.2) is 6.23 Å². The Morgan fingerprint density at radius 2 is 1.86 bits per heavy atom. The number of nitrogens with zero attached hydrogens (tertiary/aromatic N) is 1. The molecule has 1 aliphatic heterocycles. The van der Waals surface area contributed by atoms with E-state index < -0.39 is 64.0 Å². The average Bonchev–Trinajstić information content (AvgIpc) is 3.02. The molecule has 0 bridgehead atoms. The Morgan fingerprint density at radius 3 is 2.51 bits per heavy atom. The average molecular weight is 545 g/mol. The van der Waals surface area contributed by atoms with Crippen LogP contribution >= 0.6 is 15.6 Å². The smallest absolute Gasteiger partial charge is 0.387 e. The maximum atomic E-state index is 12.1. The van der Waals surface area contributed by atoms with Gasteiger partial charge in [-0.3, -0.25) is 28.6 Å². The van der Waals surface area contributed by atoms with Gasteiger partial charge in [-0.2, -0.15) is 4.31 Å². The van der Waals surface area contributed by atoms with Gasteiger partial charge in [-0.05, 0) is 33.4 Å². The van der Waals surface area contributed by atoms with Crippen molar-refractivity contribution in [3.05, 3.63) is 32.6 Å². The molecule has 1 fully saturated rings. The molecule has 35 heavy (non-hydrogen) atoms. The van der Waals surface area contributed by atoms with Crippen molar-refractivity contribution in [2.75, 3.05) is 20.2 Å². The number of aromatic amines is 1. The van der Waals surface area contributed by atoms with Crippen LogP contribution in [0.4, 0.5) is 0 Å². The van der Waals surface area contributed by atoms with E-state index in [9.17, 15) is 43.5 Å². The van der Waals surface area contributed by atoms with Crippen molar-refractivity contribution < 1.29 is 52.0 Å². The summed E-state index contributed by atoms with van der Waals surface area (Å²) in [7, 11) is -8.88. The molecule has 0 radical (unpaired) electrons. The normalized spacial score (nSPS) is 25.7. The number of hydrogen-bond acceptors (Lipinski definition) is 12. The third-order valence-electron chi connectivity index (χ3n) is 4.89. The van der Waals surface area contributed by atoms with Gasteiger partial charge in [0.05, 0.1) is 6.61 Å². The highest BCUT2D eigenvalue weighted by atomic mass is 31.3. The van der Waals surface area contributed by atoms with Gasteiger partial charge in [0.2, 0.25) is 0 Å². The second-order valence-electron chi connectivity index (χ2n) is 7.72. The number of aryl methyl sites for hydroxylation is 1. The van der Waals surface area contributed by atoms with Crippen LogP contribution in [0.3, 0.4) is 0 Å². The molecular weight excluding hydrogens is 516 g/mol. The van der Waals surface area contributed by atoms with Crippen molar-refractivity contribution in [2.24, 2.45) is 0 Å². The number of aliphatic hydroxyl groups is 2. The third-order valence-corrected chi connectivity index (χ3v) is 7.45. The molecule has 0 saturated carbocycles. The fourth-order valence-corrected chi connectivity index (χ4v) is 5.18. The molecule has 1 aromatic rings. The van der Waals surface area contributed by atoms with Crippen LogP contribution in [0.2, 0.25) is 0 Å². The largest absolute Gasteiger partial charge is 0.538 e. The van der Waals surface area contributed by atoms with Gasteiger partial charge in [0, 0.05) is 18.2 Å². The van der Waals surface area contributed by atoms with Crippen molar-refractivity contribution in [1.29, 1.82) is 0 Å². The van der Waals surface area contributed by atoms with E-state index >= 15 is 0 Å². The van der Waals surface area contributed by atoms with E-state index in [0.717, 1.165) is 23.7 Å². The lowest BCUT2D eigenvalue weighted by molar-refractivity contribution is -0.135. The lowest BCUT2D eigenvalue weighted by Gasteiger charge is -2.19. The number of phosphoric ester groups is 2. The molecule has 6 N–H and O–H groups in total. The van der Waals surface area contributed by atoms with Gasteiger partial charge in [0.1, 0.15) is 18.3 Å². The van der Waals surface area contributed by atoms with Crippen molar-refractivity contribution in [3.8, 4) is 0 Å². The van der Waals surface area contributed by atoms with Crippen LogP contribution in [0, 0.1) is 6.92 Å². The zero-order valence-electron chi connectivity index (χ0n) is 18.9. The number of carbonyl (C=O) groups is 1. The van der Waals surface area contributed by atoms with Crippen molar-refractivity contribution in [3.63, 3.8) is 0 Å². The minimum Gasteiger partial charge on any atom is -0.387 e. The van der Waals surface area contributed by atoms with E-state index in [1.807, 2.05) is 4.98 Å². The second-order valence-corrected chi connectivity index (χ2v) is 10.7. The summed E-state index contributed by atoms with van der Waals surface area (Å²) < 4.78 is 42.9. The number of ether oxygens (including phenoxy) is 1. The van der Waals surface area contributed by atoms with E-state index in [2.05, 4.69) is 18.7 Å². The van der Waals surface area contributed by atoms with Crippen molar-refractivity contribution in [1.82, 2.24) is 14.9 Å². The molecule has 18 heteroatoms. The van der Waals surface area contributed by atoms with E-state index in [1.54, 1.807) is 7.05 Å². The molecule has 3 unspecified atom stereocenters. The molecule has 0 aliphatic carbocycles. The Hall–Kier alpha value is -1.71. The molecule has 2 rings (SSSR count). The predicted molar refractivity (Wildman–Crippen MR) is 117 cm³/mol. The molecule has 200 valence electrons. The first-order valence-corrected chi connectivity index (χ1v) is 13.5. The van der Waals surface area contributed by atoms with Crippen LogP contribution < -0.4 is 16.6 Å². The lowest BCUT2D eigenvalue weighted by Crippen LogP contribution is -2.38. The first-order valence-electron chi connectivity index (χ1n) is 10.5. The first-order chi connectivity index (χ1) is 16.3. The lowest BCUT2D eigenvalue weighted by atomic mass is 10.1. The molecule has 0 amide bonds. The number of nitrogens with one attached hydrogen (secondary N) is 2. The molecular formula is C17H29N3O13P2. The van der Waals surface area contributed by atoms with Crippen LogP contribution in [0.15, 0.2) is 15.8 Å². The number of aromatic nitrogens is 2. The topological polar surface area (TPSA) is 236 Å². The fraction of sp³-hybridized carbons (Fsp3) is 0.706. The summed E-state index contributed by atoms with van der Waals surface area (Å²) in [6.07, 6.45) is -3.79. The van der Waals surface area contributed by atoms with Gasteiger partial charge >= 0.3 is 27.3 Å². The van der Waals surface area contributed by atoms with Crippen LogP contribution in [0.5, 0.6) is 0 Å². The monoisotopic (exact) mass is 545 g/mol. The Labute approximate surface area is 199 Å². The van der Waals surface area contributed by atoms with Gasteiger partial charge < -0.3 is 29.7 Å². The summed E-state index contributed by atoms with van der Waals surface area (Å²) in [4.78, 5) is 56.5. The Bertz CT molecular complexity index is 1090. The fourth-order valence-electron chi connectivity index (χ4n) is 3.13. The standard InChI is InChI=1S/C17H29N3O13P2/c1-10-8-20(17(25)19-15(10)24)16-14(23)13(22)11(31-16)9-30-34(26,27)33-35(28,29)32-12(21)6-4-3-5-7-18-2/h8,11,13-14,16,18,22-23H,3-7,9H2,1-2H3,(H,26,27)(H,28,29)(H,19,24,25)/t11-,13?,14+,16-/m1/s1. The van der Waals surface area contributed by atoms with Crippen LogP contribution in [-0.4, -0.2) is 74.0 Å². The summed E-state index contributed by atoms with van der Waals surface area (Å²) in [6, 6.07) is 0. The van der Waals surface area contributed by atoms with E-state index in [1.165, 1.54) is 6.92 Å². The first kappa shape index (κ1) is 29.5.